The van der Waals surface area contributed by atoms with Gasteiger partial charge in [-0.25, -0.2) is 8.42 Å². The molecule has 0 heterocycles. The van der Waals surface area contributed by atoms with E-state index in [-0.39, 0.29) is 35.6 Å². The third-order valence-corrected chi connectivity index (χ3v) is 8.66. The average molecular weight is 621 g/mol. The van der Waals surface area contributed by atoms with Crippen molar-refractivity contribution in [2.45, 2.75) is 45.2 Å². The van der Waals surface area contributed by atoms with E-state index in [1.165, 1.54) is 29.2 Å². The lowest BCUT2D eigenvalue weighted by Gasteiger charge is -2.32. The molecule has 0 aliphatic carbocycles. The fraction of sp³-hybridized carbons (Fsp3) is 0.333. The molecule has 0 fully saturated rings. The largest absolute Gasteiger partial charge is 0.492 e. The van der Waals surface area contributed by atoms with Gasteiger partial charge in [-0.3, -0.25) is 13.9 Å². The quantitative estimate of drug-likeness (QED) is 0.262. The zero-order valence-corrected chi connectivity index (χ0v) is 25.8. The SMILES string of the molecule is CCOc1ccccc1N(CC(=O)N(Cc1ccccc1Cl)C(C)C(=O)NCC(C)C)S(=O)(=O)c1ccc(Cl)cc1. The number of sulfonamides is 1. The number of carbonyl (C=O) groups excluding carboxylic acids is 2. The first-order valence-corrected chi connectivity index (χ1v) is 15.5. The van der Waals surface area contributed by atoms with Gasteiger partial charge in [-0.15, -0.1) is 0 Å². The van der Waals surface area contributed by atoms with Crippen molar-refractivity contribution in [3.8, 4) is 5.75 Å². The molecule has 11 heteroatoms. The van der Waals surface area contributed by atoms with Crippen molar-refractivity contribution in [1.82, 2.24) is 10.2 Å². The predicted octanol–water partition coefficient (Wildman–Crippen LogP) is 5.78. The number of carbonyl (C=O) groups is 2. The maximum absolute atomic E-state index is 14.1. The number of halogens is 2. The monoisotopic (exact) mass is 619 g/mol. The predicted molar refractivity (Wildman–Crippen MR) is 163 cm³/mol. The number of nitrogens with zero attached hydrogens (tertiary/aromatic N) is 2. The van der Waals surface area contributed by atoms with E-state index >= 15 is 0 Å². The number of benzene rings is 3. The van der Waals surface area contributed by atoms with E-state index < -0.39 is 28.5 Å². The van der Waals surface area contributed by atoms with E-state index in [9.17, 15) is 18.0 Å². The second kappa shape index (κ2) is 14.6. The molecule has 2 amide bonds. The number of rotatable bonds is 13. The molecule has 0 aromatic heterocycles. The molecular weight excluding hydrogens is 585 g/mol. The standard InChI is InChI=1S/C30H35Cl2N3O5S/c1-5-40-28-13-9-8-12-27(28)35(41(38,39)25-16-14-24(31)15-17-25)20-29(36)34(19-23-10-6-7-11-26(23)32)22(4)30(37)33-18-21(2)3/h6-17,21-22H,5,18-20H2,1-4H3,(H,33,37). The van der Waals surface area contributed by atoms with Crippen molar-refractivity contribution in [1.29, 1.82) is 0 Å². The smallest absolute Gasteiger partial charge is 0.264 e. The van der Waals surface area contributed by atoms with Crippen LogP contribution in [-0.4, -0.2) is 50.9 Å². The van der Waals surface area contributed by atoms with Crippen molar-refractivity contribution in [2.24, 2.45) is 5.92 Å². The average Bonchev–Trinajstić information content (AvgIpc) is 2.94. The molecule has 1 N–H and O–H groups in total. The summed E-state index contributed by atoms with van der Waals surface area (Å²) in [6.45, 7) is 7.43. The van der Waals surface area contributed by atoms with Gasteiger partial charge in [-0.1, -0.05) is 67.4 Å². The maximum atomic E-state index is 14.1. The molecule has 0 bridgehead atoms. The lowest BCUT2D eigenvalue weighted by atomic mass is 10.1. The Hall–Kier alpha value is -3.27. The van der Waals surface area contributed by atoms with Gasteiger partial charge in [0.05, 0.1) is 17.2 Å². The molecule has 0 radical (unpaired) electrons. The normalized spacial score (nSPS) is 12.1. The maximum Gasteiger partial charge on any atom is 0.264 e. The summed E-state index contributed by atoms with van der Waals surface area (Å²) in [5.74, 6) is -0.462. The van der Waals surface area contributed by atoms with Crippen molar-refractivity contribution >= 4 is 50.7 Å². The van der Waals surface area contributed by atoms with Crippen molar-refractivity contribution < 1.29 is 22.7 Å². The Labute approximate surface area is 252 Å². The lowest BCUT2D eigenvalue weighted by Crippen LogP contribution is -2.51. The van der Waals surface area contributed by atoms with Crippen LogP contribution in [0.1, 0.15) is 33.3 Å². The summed E-state index contributed by atoms with van der Waals surface area (Å²) >= 11 is 12.4. The number of amides is 2. The number of ether oxygens (including phenoxy) is 1. The van der Waals surface area contributed by atoms with Crippen LogP contribution in [0.25, 0.3) is 0 Å². The number of para-hydroxylation sites is 2. The van der Waals surface area contributed by atoms with Gasteiger partial charge in [0.15, 0.2) is 0 Å². The highest BCUT2D eigenvalue weighted by Gasteiger charge is 2.34. The van der Waals surface area contributed by atoms with Gasteiger partial charge < -0.3 is 15.0 Å². The van der Waals surface area contributed by atoms with Crippen molar-refractivity contribution in [2.75, 3.05) is 24.0 Å². The first-order chi connectivity index (χ1) is 19.4. The molecule has 0 saturated heterocycles. The number of anilines is 1. The summed E-state index contributed by atoms with van der Waals surface area (Å²) in [6.07, 6.45) is 0. The van der Waals surface area contributed by atoms with Gasteiger partial charge in [0, 0.05) is 23.1 Å². The van der Waals surface area contributed by atoms with Crippen LogP contribution in [0.3, 0.4) is 0 Å². The van der Waals surface area contributed by atoms with E-state index in [4.69, 9.17) is 27.9 Å². The highest BCUT2D eigenvalue weighted by Crippen LogP contribution is 2.33. The fourth-order valence-electron chi connectivity index (χ4n) is 4.03. The minimum atomic E-state index is -4.27. The number of hydrogen-bond donors (Lipinski definition) is 1. The highest BCUT2D eigenvalue weighted by atomic mass is 35.5. The second-order valence-electron chi connectivity index (χ2n) is 9.79. The Morgan fingerprint density at radius 3 is 2.20 bits per heavy atom. The molecule has 3 rings (SSSR count). The molecule has 0 spiro atoms. The van der Waals surface area contributed by atoms with Gasteiger partial charge in [0.25, 0.3) is 10.0 Å². The molecular formula is C30H35Cl2N3O5S. The molecule has 3 aromatic carbocycles. The van der Waals surface area contributed by atoms with Gasteiger partial charge in [0.2, 0.25) is 11.8 Å². The van der Waals surface area contributed by atoms with Crippen LogP contribution < -0.4 is 14.4 Å². The lowest BCUT2D eigenvalue weighted by molar-refractivity contribution is -0.139. The molecule has 0 aliphatic heterocycles. The van der Waals surface area contributed by atoms with Crippen LogP contribution in [0.5, 0.6) is 5.75 Å². The summed E-state index contributed by atoms with van der Waals surface area (Å²) < 4.78 is 34.7. The molecule has 0 saturated carbocycles. The minimum Gasteiger partial charge on any atom is -0.492 e. The number of hydrogen-bond acceptors (Lipinski definition) is 5. The molecule has 41 heavy (non-hydrogen) atoms. The highest BCUT2D eigenvalue weighted by molar-refractivity contribution is 7.92. The van der Waals surface area contributed by atoms with Crippen molar-refractivity contribution in [3.05, 3.63) is 88.4 Å². The second-order valence-corrected chi connectivity index (χ2v) is 12.5. The van der Waals surface area contributed by atoms with Crippen LogP contribution in [0.15, 0.2) is 77.7 Å². The van der Waals surface area contributed by atoms with Gasteiger partial charge in [-0.05, 0) is 67.8 Å². The van der Waals surface area contributed by atoms with Gasteiger partial charge in [0.1, 0.15) is 18.3 Å². The Morgan fingerprint density at radius 1 is 0.927 bits per heavy atom. The van der Waals surface area contributed by atoms with Crippen LogP contribution in [-0.2, 0) is 26.2 Å². The van der Waals surface area contributed by atoms with Gasteiger partial charge >= 0.3 is 0 Å². The van der Waals surface area contributed by atoms with Crippen LogP contribution in [0.4, 0.5) is 5.69 Å². The Bertz CT molecular complexity index is 1450. The summed E-state index contributed by atoms with van der Waals surface area (Å²) in [7, 11) is -4.27. The molecule has 0 aliphatic rings. The Morgan fingerprint density at radius 2 is 1.56 bits per heavy atom. The zero-order valence-electron chi connectivity index (χ0n) is 23.5. The summed E-state index contributed by atoms with van der Waals surface area (Å²) in [5.41, 5.74) is 0.806. The van der Waals surface area contributed by atoms with E-state index in [0.29, 0.717) is 27.9 Å². The fourth-order valence-corrected chi connectivity index (χ4v) is 5.78. The minimum absolute atomic E-state index is 0.00326. The molecule has 1 atom stereocenters. The summed E-state index contributed by atoms with van der Waals surface area (Å²) in [5, 5.41) is 3.65. The summed E-state index contributed by atoms with van der Waals surface area (Å²) in [6, 6.07) is 18.4. The van der Waals surface area contributed by atoms with Gasteiger partial charge in [-0.2, -0.15) is 0 Å². The van der Waals surface area contributed by atoms with Crippen LogP contribution in [0.2, 0.25) is 10.0 Å². The van der Waals surface area contributed by atoms with E-state index in [0.717, 1.165) is 4.31 Å². The topological polar surface area (TPSA) is 96.0 Å². The third kappa shape index (κ3) is 8.38. The Kier molecular flexibility index (Phi) is 11.5. The van der Waals surface area contributed by atoms with Crippen LogP contribution in [0, 0.1) is 5.92 Å². The van der Waals surface area contributed by atoms with E-state index in [1.807, 2.05) is 13.8 Å². The Balaban J connectivity index is 2.07. The molecule has 1 unspecified atom stereocenters. The molecule has 220 valence electrons. The first kappa shape index (κ1) is 32.2. The molecule has 8 nitrogen and oxygen atoms in total. The molecule has 3 aromatic rings. The summed E-state index contributed by atoms with van der Waals surface area (Å²) in [4.78, 5) is 28.5. The van der Waals surface area contributed by atoms with Crippen molar-refractivity contribution in [3.63, 3.8) is 0 Å². The van der Waals surface area contributed by atoms with E-state index in [2.05, 4.69) is 5.32 Å². The number of nitrogens with one attached hydrogen (secondary N) is 1. The zero-order chi connectivity index (χ0) is 30.2. The van der Waals surface area contributed by atoms with Crippen LogP contribution >= 0.6 is 23.2 Å². The third-order valence-electron chi connectivity index (χ3n) is 6.26. The first-order valence-electron chi connectivity index (χ1n) is 13.3. The van der Waals surface area contributed by atoms with E-state index in [1.54, 1.807) is 62.4 Å².